The highest BCUT2D eigenvalue weighted by Crippen LogP contribution is 2.23. The molecule has 0 bridgehead atoms. The van der Waals surface area contributed by atoms with Gasteiger partial charge in [-0.2, -0.15) is 0 Å². The van der Waals surface area contributed by atoms with Gasteiger partial charge in [-0.05, 0) is 49.4 Å². The maximum absolute atomic E-state index is 12.3. The highest BCUT2D eigenvalue weighted by atomic mass is 16.5. The fourth-order valence-electron chi connectivity index (χ4n) is 1.90. The average Bonchev–Trinajstić information content (AvgIpc) is 2.49. The van der Waals surface area contributed by atoms with Crippen LogP contribution < -0.4 is 20.5 Å². The Bertz CT molecular complexity index is 624. The largest absolute Gasteiger partial charge is 0.496 e. The number of hydrogen-bond acceptors (Lipinski definition) is 4. The molecular weight excluding hydrogens is 268 g/mol. The molecule has 0 unspecified atom stereocenters. The molecule has 0 fully saturated rings. The number of carbonyl (C=O) groups is 1. The van der Waals surface area contributed by atoms with Gasteiger partial charge in [0.25, 0.3) is 5.91 Å². The SMILES string of the molecule is CCOc1ccc(NC(=O)c2cc(N)ccc2OC)cc1. The molecule has 0 aromatic heterocycles. The molecule has 1 amide bonds. The summed E-state index contributed by atoms with van der Waals surface area (Å²) in [6, 6.07) is 12.1. The van der Waals surface area contributed by atoms with Gasteiger partial charge < -0.3 is 20.5 Å². The van der Waals surface area contributed by atoms with Crippen molar-refractivity contribution < 1.29 is 14.3 Å². The van der Waals surface area contributed by atoms with Crippen molar-refractivity contribution in [1.82, 2.24) is 0 Å². The van der Waals surface area contributed by atoms with E-state index in [9.17, 15) is 4.79 Å². The lowest BCUT2D eigenvalue weighted by atomic mass is 10.1. The number of anilines is 2. The van der Waals surface area contributed by atoms with Crippen LogP contribution in [0.1, 0.15) is 17.3 Å². The number of carbonyl (C=O) groups excluding carboxylic acids is 1. The molecule has 21 heavy (non-hydrogen) atoms. The van der Waals surface area contributed by atoms with Crippen LogP contribution in [0.4, 0.5) is 11.4 Å². The number of nitrogen functional groups attached to an aromatic ring is 1. The predicted molar refractivity (Wildman–Crippen MR) is 83.0 cm³/mol. The molecule has 0 aliphatic heterocycles. The van der Waals surface area contributed by atoms with E-state index in [2.05, 4.69) is 5.32 Å². The first kappa shape index (κ1) is 14.7. The number of ether oxygens (including phenoxy) is 2. The van der Waals surface area contributed by atoms with E-state index in [4.69, 9.17) is 15.2 Å². The van der Waals surface area contributed by atoms with Crippen molar-refractivity contribution in [2.24, 2.45) is 0 Å². The Kier molecular flexibility index (Phi) is 4.66. The molecule has 5 heteroatoms. The van der Waals surface area contributed by atoms with E-state index < -0.39 is 0 Å². The van der Waals surface area contributed by atoms with Crippen LogP contribution in [0.3, 0.4) is 0 Å². The maximum atomic E-state index is 12.3. The lowest BCUT2D eigenvalue weighted by molar-refractivity contribution is 0.102. The Morgan fingerprint density at radius 1 is 1.19 bits per heavy atom. The summed E-state index contributed by atoms with van der Waals surface area (Å²) >= 11 is 0. The molecule has 0 radical (unpaired) electrons. The van der Waals surface area contributed by atoms with Gasteiger partial charge in [0, 0.05) is 11.4 Å². The Morgan fingerprint density at radius 3 is 2.52 bits per heavy atom. The van der Waals surface area contributed by atoms with Gasteiger partial charge >= 0.3 is 0 Å². The summed E-state index contributed by atoms with van der Waals surface area (Å²) in [4.78, 5) is 12.3. The normalized spacial score (nSPS) is 10.0. The molecular formula is C16H18N2O3. The predicted octanol–water partition coefficient (Wildman–Crippen LogP) is 2.93. The number of benzene rings is 2. The molecule has 0 heterocycles. The summed E-state index contributed by atoms with van der Waals surface area (Å²) in [5.74, 6) is 0.966. The topological polar surface area (TPSA) is 73.6 Å². The number of nitrogens with one attached hydrogen (secondary N) is 1. The summed E-state index contributed by atoms with van der Waals surface area (Å²) < 4.78 is 10.5. The van der Waals surface area contributed by atoms with E-state index in [1.54, 1.807) is 42.5 Å². The zero-order chi connectivity index (χ0) is 15.2. The minimum atomic E-state index is -0.275. The second-order valence-electron chi connectivity index (χ2n) is 4.37. The minimum absolute atomic E-state index is 0.275. The second-order valence-corrected chi connectivity index (χ2v) is 4.37. The van der Waals surface area contributed by atoms with Crippen molar-refractivity contribution in [3.8, 4) is 11.5 Å². The van der Waals surface area contributed by atoms with E-state index in [0.29, 0.717) is 29.3 Å². The first-order valence-corrected chi connectivity index (χ1v) is 6.61. The number of rotatable bonds is 5. The van der Waals surface area contributed by atoms with E-state index in [1.165, 1.54) is 7.11 Å². The molecule has 2 rings (SSSR count). The molecule has 0 spiro atoms. The average molecular weight is 286 g/mol. The number of amides is 1. The van der Waals surface area contributed by atoms with Crippen LogP contribution in [-0.2, 0) is 0 Å². The van der Waals surface area contributed by atoms with Crippen LogP contribution in [-0.4, -0.2) is 19.6 Å². The zero-order valence-electron chi connectivity index (χ0n) is 12.1. The minimum Gasteiger partial charge on any atom is -0.496 e. The van der Waals surface area contributed by atoms with Gasteiger partial charge in [0.1, 0.15) is 11.5 Å². The van der Waals surface area contributed by atoms with Gasteiger partial charge in [0.15, 0.2) is 0 Å². The van der Waals surface area contributed by atoms with E-state index in [-0.39, 0.29) is 5.91 Å². The Balaban J connectivity index is 2.15. The van der Waals surface area contributed by atoms with Crippen LogP contribution in [0.5, 0.6) is 11.5 Å². The lowest BCUT2D eigenvalue weighted by Gasteiger charge is -2.10. The Labute approximate surface area is 123 Å². The molecule has 2 aromatic rings. The first-order valence-electron chi connectivity index (χ1n) is 6.61. The summed E-state index contributed by atoms with van der Waals surface area (Å²) in [6.07, 6.45) is 0. The Morgan fingerprint density at radius 2 is 1.90 bits per heavy atom. The van der Waals surface area contributed by atoms with Crippen molar-refractivity contribution in [3.63, 3.8) is 0 Å². The summed E-state index contributed by atoms with van der Waals surface area (Å²) in [5, 5.41) is 2.80. The zero-order valence-corrected chi connectivity index (χ0v) is 12.1. The van der Waals surface area contributed by atoms with Crippen LogP contribution in [0.2, 0.25) is 0 Å². The quantitative estimate of drug-likeness (QED) is 0.829. The van der Waals surface area contributed by atoms with Gasteiger partial charge in [-0.15, -0.1) is 0 Å². The van der Waals surface area contributed by atoms with E-state index >= 15 is 0 Å². The van der Waals surface area contributed by atoms with E-state index in [1.807, 2.05) is 6.92 Å². The standard InChI is InChI=1S/C16H18N2O3/c1-3-21-13-7-5-12(6-8-13)18-16(19)14-10-11(17)4-9-15(14)20-2/h4-10H,3,17H2,1-2H3,(H,18,19). The molecule has 110 valence electrons. The van der Waals surface area contributed by atoms with Crippen LogP contribution >= 0.6 is 0 Å². The Hall–Kier alpha value is -2.69. The molecule has 5 nitrogen and oxygen atoms in total. The molecule has 3 N–H and O–H groups in total. The van der Waals surface area contributed by atoms with Gasteiger partial charge in [-0.1, -0.05) is 0 Å². The van der Waals surface area contributed by atoms with Gasteiger partial charge in [0.05, 0.1) is 19.3 Å². The van der Waals surface area contributed by atoms with Crippen molar-refractivity contribution >= 4 is 17.3 Å². The third-order valence-corrected chi connectivity index (χ3v) is 2.89. The first-order chi connectivity index (χ1) is 10.1. The van der Waals surface area contributed by atoms with Gasteiger partial charge in [0.2, 0.25) is 0 Å². The molecule has 0 aliphatic carbocycles. The molecule has 0 atom stereocenters. The van der Waals surface area contributed by atoms with Crippen LogP contribution in [0, 0.1) is 0 Å². The summed E-state index contributed by atoms with van der Waals surface area (Å²) in [5.41, 5.74) is 7.29. The fraction of sp³-hybridized carbons (Fsp3) is 0.188. The van der Waals surface area contributed by atoms with Crippen molar-refractivity contribution in [3.05, 3.63) is 48.0 Å². The summed E-state index contributed by atoms with van der Waals surface area (Å²) in [7, 11) is 1.51. The van der Waals surface area contributed by atoms with Crippen molar-refractivity contribution in [1.29, 1.82) is 0 Å². The third kappa shape index (κ3) is 3.66. The van der Waals surface area contributed by atoms with Gasteiger partial charge in [-0.3, -0.25) is 4.79 Å². The maximum Gasteiger partial charge on any atom is 0.259 e. The molecule has 0 aliphatic rings. The van der Waals surface area contributed by atoms with Crippen LogP contribution in [0.15, 0.2) is 42.5 Å². The van der Waals surface area contributed by atoms with E-state index in [0.717, 1.165) is 5.75 Å². The number of methoxy groups -OCH3 is 1. The van der Waals surface area contributed by atoms with Crippen LogP contribution in [0.25, 0.3) is 0 Å². The summed E-state index contributed by atoms with van der Waals surface area (Å²) in [6.45, 7) is 2.52. The lowest BCUT2D eigenvalue weighted by Crippen LogP contribution is -2.13. The number of hydrogen-bond donors (Lipinski definition) is 2. The van der Waals surface area contributed by atoms with Crippen molar-refractivity contribution in [2.75, 3.05) is 24.8 Å². The van der Waals surface area contributed by atoms with Crippen molar-refractivity contribution in [2.45, 2.75) is 6.92 Å². The highest BCUT2D eigenvalue weighted by molar-refractivity contribution is 6.06. The second kappa shape index (κ2) is 6.65. The number of nitrogens with two attached hydrogens (primary N) is 1. The third-order valence-electron chi connectivity index (χ3n) is 2.89. The molecule has 0 saturated carbocycles. The monoisotopic (exact) mass is 286 g/mol. The highest BCUT2D eigenvalue weighted by Gasteiger charge is 2.13. The smallest absolute Gasteiger partial charge is 0.259 e. The van der Waals surface area contributed by atoms with Gasteiger partial charge in [-0.25, -0.2) is 0 Å². The molecule has 2 aromatic carbocycles. The fourth-order valence-corrected chi connectivity index (χ4v) is 1.90. The molecule has 0 saturated heterocycles.